The molecule has 0 amide bonds. The molecular formula is C25H31FO6. The van der Waals surface area contributed by atoms with Crippen LogP contribution in [0.5, 0.6) is 0 Å². The Labute approximate surface area is 188 Å². The van der Waals surface area contributed by atoms with E-state index in [2.05, 4.69) is 5.92 Å². The maximum atomic E-state index is 13.4. The lowest BCUT2D eigenvalue weighted by atomic mass is 9.51. The van der Waals surface area contributed by atoms with E-state index in [1.165, 1.54) is 12.1 Å². The molecule has 4 fully saturated rings. The summed E-state index contributed by atoms with van der Waals surface area (Å²) in [6, 6.07) is 6.13. The molecule has 1 aromatic carbocycles. The number of aliphatic hydroxyl groups excluding tert-OH is 1. The Balaban J connectivity index is 1.60. The van der Waals surface area contributed by atoms with E-state index in [1.54, 1.807) is 19.1 Å². The summed E-state index contributed by atoms with van der Waals surface area (Å²) in [7, 11) is 0. The van der Waals surface area contributed by atoms with Crippen LogP contribution in [0, 0.1) is 30.0 Å². The second kappa shape index (κ2) is 7.23. The maximum Gasteiger partial charge on any atom is 0.157 e. The van der Waals surface area contributed by atoms with E-state index in [4.69, 9.17) is 25.4 Å². The van der Waals surface area contributed by atoms with Crippen LogP contribution >= 0.6 is 0 Å². The lowest BCUT2D eigenvalue weighted by Crippen LogP contribution is -2.83. The van der Waals surface area contributed by atoms with Gasteiger partial charge in [0.2, 0.25) is 0 Å². The molecule has 174 valence electrons. The van der Waals surface area contributed by atoms with Gasteiger partial charge in [-0.2, -0.15) is 0 Å². The topological polar surface area (TPSA) is 77.4 Å². The molecule has 4 bridgehead atoms. The van der Waals surface area contributed by atoms with Crippen LogP contribution in [-0.4, -0.2) is 64.1 Å². The Hall–Kier alpha value is -1.53. The molecule has 0 unspecified atom stereocenters. The number of hydrogen-bond acceptors (Lipinski definition) is 6. The number of halogens is 1. The number of hydrogen-bond donors (Lipinski definition) is 2. The zero-order valence-corrected chi connectivity index (χ0v) is 18.7. The van der Waals surface area contributed by atoms with Crippen molar-refractivity contribution < 1.29 is 33.6 Å². The van der Waals surface area contributed by atoms with Crippen LogP contribution in [0.1, 0.15) is 39.2 Å². The van der Waals surface area contributed by atoms with Gasteiger partial charge in [-0.1, -0.05) is 18.1 Å². The Morgan fingerprint density at radius 2 is 1.91 bits per heavy atom. The molecule has 8 atom stereocenters. The molecule has 2 aliphatic heterocycles. The van der Waals surface area contributed by atoms with E-state index in [0.717, 1.165) is 5.56 Å². The molecule has 0 radical (unpaired) electrons. The van der Waals surface area contributed by atoms with Crippen molar-refractivity contribution in [1.82, 2.24) is 0 Å². The highest BCUT2D eigenvalue weighted by Crippen LogP contribution is 2.68. The Morgan fingerprint density at radius 1 is 1.19 bits per heavy atom. The lowest BCUT2D eigenvalue weighted by Gasteiger charge is -2.62. The van der Waals surface area contributed by atoms with E-state index in [1.807, 2.05) is 13.8 Å². The number of ether oxygens (including phenoxy) is 4. The van der Waals surface area contributed by atoms with Gasteiger partial charge in [0.25, 0.3) is 0 Å². The zero-order valence-electron chi connectivity index (χ0n) is 18.7. The molecule has 32 heavy (non-hydrogen) atoms. The lowest BCUT2D eigenvalue weighted by molar-refractivity contribution is -0.350. The standard InChI is InChI=1S/C25H31FO6/c1-5-10-29-20-16-12-23(4,28)25-21(30-13-15-6-8-17(26)9-7-15)18(22(2,3)32-25)11-19(27)24(20,25)31-14-16/h1,6-9,16,18-21,27-28H,10-14H2,2-4H3/t16-,18-,19+,20-,21+,23+,24+,25+/m1/s1. The molecule has 2 spiro atoms. The summed E-state index contributed by atoms with van der Waals surface area (Å²) >= 11 is 0. The average Bonchev–Trinajstić information content (AvgIpc) is 3.12. The van der Waals surface area contributed by atoms with Crippen LogP contribution in [0.25, 0.3) is 0 Å². The SMILES string of the molecule is C#CCO[C@@H]1[C@H]2CO[C@@]13[C@@H](O)C[C@@H]1[C@H](OCc4ccc(F)cc4)[C@]3(OC1(C)C)[C@@](C)(O)C2. The molecule has 2 heterocycles. The Kier molecular flexibility index (Phi) is 5.03. The van der Waals surface area contributed by atoms with Gasteiger partial charge >= 0.3 is 0 Å². The van der Waals surface area contributed by atoms with Gasteiger partial charge in [0.15, 0.2) is 11.2 Å². The first kappa shape index (κ1) is 22.3. The van der Waals surface area contributed by atoms with Crippen molar-refractivity contribution in [2.75, 3.05) is 13.2 Å². The summed E-state index contributed by atoms with van der Waals surface area (Å²) in [5, 5.41) is 23.4. The molecule has 2 saturated carbocycles. The fourth-order valence-electron chi connectivity index (χ4n) is 7.00. The largest absolute Gasteiger partial charge is 0.390 e. The van der Waals surface area contributed by atoms with Crippen LogP contribution < -0.4 is 0 Å². The minimum Gasteiger partial charge on any atom is -0.390 e. The molecule has 1 aromatic rings. The third kappa shape index (κ3) is 2.74. The second-order valence-electron chi connectivity index (χ2n) is 10.4. The number of rotatable bonds is 5. The molecular weight excluding hydrogens is 415 g/mol. The number of benzene rings is 1. The Bertz CT molecular complexity index is 923. The zero-order chi connectivity index (χ0) is 22.9. The molecule has 0 aromatic heterocycles. The molecule has 2 saturated heterocycles. The van der Waals surface area contributed by atoms with E-state index in [-0.39, 0.29) is 30.9 Å². The summed E-state index contributed by atoms with van der Waals surface area (Å²) in [4.78, 5) is 0. The van der Waals surface area contributed by atoms with E-state index in [9.17, 15) is 14.6 Å². The number of aliphatic hydroxyl groups is 2. The van der Waals surface area contributed by atoms with Crippen molar-refractivity contribution in [3.05, 3.63) is 35.6 Å². The van der Waals surface area contributed by atoms with Crippen molar-refractivity contribution in [2.45, 2.75) is 80.9 Å². The van der Waals surface area contributed by atoms with Crippen molar-refractivity contribution in [3.8, 4) is 12.3 Å². The third-order valence-corrected chi connectivity index (χ3v) is 8.17. The Morgan fingerprint density at radius 3 is 2.59 bits per heavy atom. The fraction of sp³-hybridized carbons (Fsp3) is 0.680. The van der Waals surface area contributed by atoms with Gasteiger partial charge in [-0.15, -0.1) is 6.42 Å². The highest BCUT2D eigenvalue weighted by Gasteiger charge is 2.86. The van der Waals surface area contributed by atoms with Gasteiger partial charge in [-0.3, -0.25) is 0 Å². The van der Waals surface area contributed by atoms with Crippen LogP contribution in [0.2, 0.25) is 0 Å². The quantitative estimate of drug-likeness (QED) is 0.676. The van der Waals surface area contributed by atoms with E-state index < -0.39 is 40.7 Å². The maximum absolute atomic E-state index is 13.4. The molecule has 5 rings (SSSR count). The minimum atomic E-state index is -1.36. The first-order valence-corrected chi connectivity index (χ1v) is 11.2. The van der Waals surface area contributed by atoms with E-state index >= 15 is 0 Å². The second-order valence-corrected chi connectivity index (χ2v) is 10.4. The highest BCUT2D eigenvalue weighted by molar-refractivity contribution is 5.35. The normalized spacial score (nSPS) is 46.0. The smallest absolute Gasteiger partial charge is 0.157 e. The van der Waals surface area contributed by atoms with Gasteiger partial charge in [-0.05, 0) is 51.3 Å². The predicted octanol–water partition coefficient (Wildman–Crippen LogP) is 2.20. The summed E-state index contributed by atoms with van der Waals surface area (Å²) in [6.45, 7) is 6.28. The molecule has 6 nitrogen and oxygen atoms in total. The summed E-state index contributed by atoms with van der Waals surface area (Å²) in [6.07, 6.45) is 4.20. The summed E-state index contributed by atoms with van der Waals surface area (Å²) < 4.78 is 39.0. The van der Waals surface area contributed by atoms with Crippen LogP contribution in [0.4, 0.5) is 4.39 Å². The highest BCUT2D eigenvalue weighted by atomic mass is 19.1. The first-order valence-electron chi connectivity index (χ1n) is 11.2. The van der Waals surface area contributed by atoms with E-state index in [0.29, 0.717) is 19.4 Å². The molecule has 7 heteroatoms. The van der Waals surface area contributed by atoms with Gasteiger partial charge in [0, 0.05) is 11.8 Å². The average molecular weight is 447 g/mol. The van der Waals surface area contributed by atoms with Crippen LogP contribution in [0.15, 0.2) is 24.3 Å². The van der Waals surface area contributed by atoms with Gasteiger partial charge in [0.05, 0.1) is 42.7 Å². The summed E-state index contributed by atoms with van der Waals surface area (Å²) in [5.74, 6) is 1.88. The number of fused-ring (bicyclic) bond motifs is 2. The monoisotopic (exact) mass is 446 g/mol. The van der Waals surface area contributed by atoms with Crippen molar-refractivity contribution in [3.63, 3.8) is 0 Å². The summed E-state index contributed by atoms with van der Waals surface area (Å²) in [5.41, 5.74) is -3.89. The van der Waals surface area contributed by atoms with Gasteiger partial charge in [-0.25, -0.2) is 4.39 Å². The van der Waals surface area contributed by atoms with Crippen LogP contribution in [0.3, 0.4) is 0 Å². The minimum absolute atomic E-state index is 0.0745. The molecule has 2 N–H and O–H groups in total. The van der Waals surface area contributed by atoms with Crippen molar-refractivity contribution >= 4 is 0 Å². The predicted molar refractivity (Wildman–Crippen MR) is 113 cm³/mol. The molecule has 4 aliphatic rings. The fourth-order valence-corrected chi connectivity index (χ4v) is 7.00. The van der Waals surface area contributed by atoms with Gasteiger partial charge < -0.3 is 29.2 Å². The van der Waals surface area contributed by atoms with Crippen molar-refractivity contribution in [2.24, 2.45) is 11.8 Å². The van der Waals surface area contributed by atoms with Crippen molar-refractivity contribution in [1.29, 1.82) is 0 Å². The van der Waals surface area contributed by atoms with Crippen LogP contribution in [-0.2, 0) is 25.6 Å². The third-order valence-electron chi connectivity index (χ3n) is 8.17. The molecule has 2 aliphatic carbocycles. The number of terminal acetylenes is 1. The first-order chi connectivity index (χ1) is 15.1. The van der Waals surface area contributed by atoms with Gasteiger partial charge in [0.1, 0.15) is 12.4 Å².